The lowest BCUT2D eigenvalue weighted by atomic mass is 10.0. The number of benzene rings is 1. The monoisotopic (exact) mass is 492 g/mol. The van der Waals surface area contributed by atoms with Gasteiger partial charge in [-0.05, 0) is 37.5 Å². The summed E-state index contributed by atoms with van der Waals surface area (Å²) < 4.78 is 66.1. The fourth-order valence-corrected chi connectivity index (χ4v) is 3.11. The number of halogens is 5. The number of nitrogens with zero attached hydrogens (tertiary/aromatic N) is 2. The summed E-state index contributed by atoms with van der Waals surface area (Å²) in [5.74, 6) is -0.685. The van der Waals surface area contributed by atoms with Crippen LogP contribution in [0.3, 0.4) is 0 Å². The molecule has 1 aromatic carbocycles. The lowest BCUT2D eigenvalue weighted by Gasteiger charge is -2.22. The van der Waals surface area contributed by atoms with Crippen molar-refractivity contribution in [1.82, 2.24) is 20.8 Å². The van der Waals surface area contributed by atoms with Gasteiger partial charge in [0, 0.05) is 18.8 Å². The van der Waals surface area contributed by atoms with E-state index in [1.165, 1.54) is 19.1 Å². The molecule has 0 aliphatic carbocycles. The van der Waals surface area contributed by atoms with Crippen molar-refractivity contribution in [2.75, 3.05) is 13.2 Å². The highest BCUT2D eigenvalue weighted by atomic mass is 35.5. The Balaban J connectivity index is 1.41. The first-order valence-electron chi connectivity index (χ1n) is 9.94. The molecule has 2 atom stereocenters. The minimum absolute atomic E-state index is 0.0417. The first-order valence-corrected chi connectivity index (χ1v) is 10.3. The number of alkyl halides is 3. The quantitative estimate of drug-likeness (QED) is 0.536. The summed E-state index contributed by atoms with van der Waals surface area (Å²) >= 11 is 5.59. The number of ether oxygens (including phenoxy) is 2. The number of carbonyl (C=O) groups excluding carboxylic acids is 1. The second-order valence-corrected chi connectivity index (χ2v) is 7.77. The standard InChI is InChI=1S/C20H21ClF4N4O4/c1-11(7-20(23,24)25)32-19-29-28-18(33-19)16-5-2-12(8-26-16)9-27-17(30)10-31-13-3-4-14(21)15(22)6-13/h3-4,6,9,11,16,26H,2,5,7-8,10H2,1H3,(H,27,30)/b12-9-/t11?,16-/m1/s1. The van der Waals surface area contributed by atoms with Gasteiger partial charge in [-0.2, -0.15) is 13.2 Å². The van der Waals surface area contributed by atoms with Gasteiger partial charge in [-0.15, -0.1) is 5.10 Å². The number of piperidine rings is 1. The third-order valence-electron chi connectivity index (χ3n) is 4.57. The Hall–Kier alpha value is -2.86. The molecule has 13 heteroatoms. The predicted molar refractivity (Wildman–Crippen MR) is 108 cm³/mol. The zero-order valence-corrected chi connectivity index (χ0v) is 18.2. The van der Waals surface area contributed by atoms with E-state index in [1.807, 2.05) is 0 Å². The van der Waals surface area contributed by atoms with E-state index >= 15 is 0 Å². The predicted octanol–water partition coefficient (Wildman–Crippen LogP) is 4.09. The van der Waals surface area contributed by atoms with Crippen LogP contribution >= 0.6 is 11.6 Å². The molecule has 0 bridgehead atoms. The number of hydrogen-bond acceptors (Lipinski definition) is 7. The van der Waals surface area contributed by atoms with Crippen molar-refractivity contribution in [2.24, 2.45) is 0 Å². The van der Waals surface area contributed by atoms with Gasteiger partial charge in [0.25, 0.3) is 5.91 Å². The highest BCUT2D eigenvalue weighted by molar-refractivity contribution is 6.30. The number of nitrogens with one attached hydrogen (secondary N) is 2. The topological polar surface area (TPSA) is 98.5 Å². The van der Waals surface area contributed by atoms with E-state index in [0.717, 1.165) is 11.6 Å². The molecule has 1 fully saturated rings. The van der Waals surface area contributed by atoms with Gasteiger partial charge in [0.15, 0.2) is 6.61 Å². The Labute approximate surface area is 191 Å². The van der Waals surface area contributed by atoms with E-state index in [4.69, 9.17) is 25.5 Å². The second kappa shape index (κ2) is 10.8. The first-order chi connectivity index (χ1) is 15.6. The third kappa shape index (κ3) is 7.90. The molecule has 1 aliphatic rings. The molecule has 0 spiro atoms. The van der Waals surface area contributed by atoms with Crippen molar-refractivity contribution in [1.29, 1.82) is 0 Å². The van der Waals surface area contributed by atoms with Crippen LogP contribution in [-0.4, -0.2) is 41.5 Å². The largest absolute Gasteiger partial charge is 0.484 e. The van der Waals surface area contributed by atoms with Crippen molar-refractivity contribution >= 4 is 17.5 Å². The molecule has 2 aromatic rings. The van der Waals surface area contributed by atoms with E-state index in [9.17, 15) is 22.4 Å². The van der Waals surface area contributed by atoms with Gasteiger partial charge < -0.3 is 24.5 Å². The van der Waals surface area contributed by atoms with Crippen molar-refractivity contribution < 1.29 is 36.2 Å². The maximum atomic E-state index is 13.4. The highest BCUT2D eigenvalue weighted by Gasteiger charge is 2.32. The number of rotatable bonds is 8. The molecule has 1 saturated heterocycles. The van der Waals surface area contributed by atoms with E-state index in [2.05, 4.69) is 20.8 Å². The molecule has 2 N–H and O–H groups in total. The van der Waals surface area contributed by atoms with Gasteiger partial charge in [0.05, 0.1) is 17.5 Å². The molecule has 1 amide bonds. The molecule has 33 heavy (non-hydrogen) atoms. The Morgan fingerprint density at radius 3 is 2.88 bits per heavy atom. The molecule has 0 saturated carbocycles. The minimum Gasteiger partial charge on any atom is -0.484 e. The number of carbonyl (C=O) groups is 1. The van der Waals surface area contributed by atoms with Gasteiger partial charge in [0.1, 0.15) is 17.7 Å². The average molecular weight is 493 g/mol. The fourth-order valence-electron chi connectivity index (χ4n) is 3.00. The minimum atomic E-state index is -4.36. The summed E-state index contributed by atoms with van der Waals surface area (Å²) in [6.45, 7) is 1.37. The maximum absolute atomic E-state index is 13.4. The Morgan fingerprint density at radius 1 is 1.42 bits per heavy atom. The van der Waals surface area contributed by atoms with Crippen LogP contribution in [0.2, 0.25) is 5.02 Å². The summed E-state index contributed by atoms with van der Waals surface area (Å²) in [5, 5.41) is 13.2. The van der Waals surface area contributed by atoms with Crippen molar-refractivity contribution in [3.05, 3.63) is 46.7 Å². The average Bonchev–Trinajstić information content (AvgIpc) is 3.20. The zero-order chi connectivity index (χ0) is 24.0. The fraction of sp³-hybridized carbons (Fsp3) is 0.450. The molecular formula is C20H21ClF4N4O4. The lowest BCUT2D eigenvalue weighted by Crippen LogP contribution is -2.31. The Kier molecular flexibility index (Phi) is 8.14. The van der Waals surface area contributed by atoms with Crippen LogP contribution in [0.1, 0.15) is 38.1 Å². The van der Waals surface area contributed by atoms with E-state index < -0.39 is 30.4 Å². The summed E-state index contributed by atoms with van der Waals surface area (Å²) in [4.78, 5) is 11.9. The van der Waals surface area contributed by atoms with Crippen LogP contribution in [0.15, 0.2) is 34.4 Å². The summed E-state index contributed by atoms with van der Waals surface area (Å²) in [6.07, 6.45) is -4.25. The number of amides is 1. The highest BCUT2D eigenvalue weighted by Crippen LogP contribution is 2.28. The molecule has 1 aliphatic heterocycles. The maximum Gasteiger partial charge on any atom is 0.414 e. The van der Waals surface area contributed by atoms with Gasteiger partial charge in [-0.3, -0.25) is 4.79 Å². The van der Waals surface area contributed by atoms with Crippen LogP contribution < -0.4 is 20.1 Å². The van der Waals surface area contributed by atoms with Crippen LogP contribution in [0, 0.1) is 5.82 Å². The van der Waals surface area contributed by atoms with Gasteiger partial charge in [-0.25, -0.2) is 4.39 Å². The molecule has 3 rings (SSSR count). The molecule has 1 aromatic heterocycles. The molecule has 8 nitrogen and oxygen atoms in total. The van der Waals surface area contributed by atoms with Crippen molar-refractivity contribution in [3.63, 3.8) is 0 Å². The molecule has 2 heterocycles. The smallest absolute Gasteiger partial charge is 0.414 e. The summed E-state index contributed by atoms with van der Waals surface area (Å²) in [7, 11) is 0. The molecule has 180 valence electrons. The third-order valence-corrected chi connectivity index (χ3v) is 4.88. The number of hydrogen-bond donors (Lipinski definition) is 2. The van der Waals surface area contributed by atoms with Gasteiger partial charge in [-0.1, -0.05) is 16.7 Å². The van der Waals surface area contributed by atoms with Gasteiger partial charge in [0.2, 0.25) is 5.89 Å². The Bertz CT molecular complexity index is 989. The van der Waals surface area contributed by atoms with E-state index in [1.54, 1.807) is 6.20 Å². The van der Waals surface area contributed by atoms with E-state index in [-0.39, 0.29) is 35.4 Å². The molecule has 0 radical (unpaired) electrons. The van der Waals surface area contributed by atoms with E-state index in [0.29, 0.717) is 19.4 Å². The lowest BCUT2D eigenvalue weighted by molar-refractivity contribution is -0.150. The molecule has 1 unspecified atom stereocenters. The number of aromatic nitrogens is 2. The van der Waals surface area contributed by atoms with Crippen molar-refractivity contribution in [2.45, 2.75) is 44.5 Å². The summed E-state index contributed by atoms with van der Waals surface area (Å²) in [6, 6.07) is 3.57. The normalized spacial score (nSPS) is 18.7. The summed E-state index contributed by atoms with van der Waals surface area (Å²) in [5.41, 5.74) is 0.895. The first kappa shape index (κ1) is 24.8. The Morgan fingerprint density at radius 2 is 2.21 bits per heavy atom. The van der Waals surface area contributed by atoms with Crippen LogP contribution in [-0.2, 0) is 4.79 Å². The zero-order valence-electron chi connectivity index (χ0n) is 17.4. The molecular weight excluding hydrogens is 472 g/mol. The van der Waals surface area contributed by atoms with Gasteiger partial charge >= 0.3 is 12.3 Å². The van der Waals surface area contributed by atoms with Crippen molar-refractivity contribution in [3.8, 4) is 11.8 Å². The van der Waals surface area contributed by atoms with Crippen LogP contribution in [0.4, 0.5) is 17.6 Å². The van der Waals surface area contributed by atoms with Crippen LogP contribution in [0.5, 0.6) is 11.8 Å². The second-order valence-electron chi connectivity index (χ2n) is 7.36. The SMILES string of the molecule is CC(CC(F)(F)F)Oc1nnc([C@H]2CC/C(=C/NC(=O)COc3ccc(Cl)c(F)c3)CN2)o1. The van der Waals surface area contributed by atoms with Crippen LogP contribution in [0.25, 0.3) is 0 Å².